The first-order valence-corrected chi connectivity index (χ1v) is 12.0. The van der Waals surface area contributed by atoms with Gasteiger partial charge in [-0.05, 0) is 63.5 Å². The van der Waals surface area contributed by atoms with Crippen LogP contribution >= 0.6 is 0 Å². The fraction of sp³-hybridized carbons (Fsp3) is 0.571. The van der Waals surface area contributed by atoms with Crippen LogP contribution in [0.5, 0.6) is 0 Å². The number of carbonyl (C=O) groups is 2. The van der Waals surface area contributed by atoms with E-state index in [1.165, 1.54) is 18.6 Å². The molecule has 0 radical (unpaired) electrons. The number of hydrogen-bond acceptors (Lipinski definition) is 6. The Hall–Kier alpha value is -2.44. The van der Waals surface area contributed by atoms with Gasteiger partial charge < -0.3 is 19.3 Å². The third kappa shape index (κ3) is 11.6. The van der Waals surface area contributed by atoms with Crippen molar-refractivity contribution in [1.29, 1.82) is 0 Å². The number of aliphatic hydroxyl groups excluding tert-OH is 1. The average Bonchev–Trinajstić information content (AvgIpc) is 2.78. The second-order valence-corrected chi connectivity index (χ2v) is 9.34. The van der Waals surface area contributed by atoms with Crippen molar-refractivity contribution in [3.05, 3.63) is 60.4 Å². The fourth-order valence-corrected chi connectivity index (χ4v) is 3.72. The van der Waals surface area contributed by atoms with E-state index in [1.54, 1.807) is 13.8 Å². The highest BCUT2D eigenvalue weighted by Gasteiger charge is 2.31. The van der Waals surface area contributed by atoms with Gasteiger partial charge in [-0.3, -0.25) is 4.79 Å². The summed E-state index contributed by atoms with van der Waals surface area (Å²) in [6, 6.07) is 0. The van der Waals surface area contributed by atoms with Crippen LogP contribution in [-0.2, 0) is 23.8 Å². The van der Waals surface area contributed by atoms with Gasteiger partial charge in [0.2, 0.25) is 0 Å². The molecule has 0 fully saturated rings. The number of hydrogen-bond donors (Lipinski definition) is 1. The molecule has 0 aromatic carbocycles. The third-order valence-corrected chi connectivity index (χ3v) is 5.76. The van der Waals surface area contributed by atoms with E-state index >= 15 is 0 Å². The van der Waals surface area contributed by atoms with Crippen LogP contribution in [0.25, 0.3) is 0 Å². The van der Waals surface area contributed by atoms with E-state index in [0.29, 0.717) is 19.1 Å². The van der Waals surface area contributed by atoms with Gasteiger partial charge in [0.1, 0.15) is 12.7 Å². The standard InChI is InChI=1S/C28H42O6/c1-7-8-10-24(11-9-18-32-19-22(3)30)28(5,6)25-13-15-26(16-14-25)33-20-23(4)34-27(31)17-12-21(2)29/h7,9,11-13,15,17,22-24,30H,1,8,10,14,16,18-20H2,2-6H3/b11-9-,17-12+. The van der Waals surface area contributed by atoms with Crippen molar-refractivity contribution in [2.75, 3.05) is 19.8 Å². The summed E-state index contributed by atoms with van der Waals surface area (Å²) in [6.07, 6.45) is 15.4. The highest BCUT2D eigenvalue weighted by atomic mass is 16.6. The van der Waals surface area contributed by atoms with Gasteiger partial charge in [0.25, 0.3) is 0 Å². The number of ketones is 1. The van der Waals surface area contributed by atoms with Gasteiger partial charge in [0.05, 0.1) is 25.1 Å². The minimum atomic E-state index is -0.553. The minimum Gasteiger partial charge on any atom is -0.494 e. The quantitative estimate of drug-likeness (QED) is 0.142. The van der Waals surface area contributed by atoms with Crippen LogP contribution in [0, 0.1) is 11.3 Å². The van der Waals surface area contributed by atoms with Crippen molar-refractivity contribution < 1.29 is 28.9 Å². The lowest BCUT2D eigenvalue weighted by Crippen LogP contribution is -2.26. The van der Waals surface area contributed by atoms with E-state index in [4.69, 9.17) is 14.2 Å². The normalized spacial score (nSPS) is 17.1. The molecule has 34 heavy (non-hydrogen) atoms. The maximum Gasteiger partial charge on any atom is 0.331 e. The summed E-state index contributed by atoms with van der Waals surface area (Å²) in [5, 5.41) is 9.33. The molecule has 0 amide bonds. The molecule has 1 rings (SSSR count). The summed E-state index contributed by atoms with van der Waals surface area (Å²) in [6.45, 7) is 14.3. The Bertz CT molecular complexity index is 785. The lowest BCUT2D eigenvalue weighted by Gasteiger charge is -2.36. The summed E-state index contributed by atoms with van der Waals surface area (Å²) in [5.74, 6) is 0.435. The summed E-state index contributed by atoms with van der Waals surface area (Å²) < 4.78 is 16.5. The largest absolute Gasteiger partial charge is 0.494 e. The Balaban J connectivity index is 2.70. The molecular weight excluding hydrogens is 432 g/mol. The maximum atomic E-state index is 11.7. The zero-order valence-electron chi connectivity index (χ0n) is 21.4. The maximum absolute atomic E-state index is 11.7. The average molecular weight is 475 g/mol. The molecule has 1 N–H and O–H groups in total. The van der Waals surface area contributed by atoms with Gasteiger partial charge >= 0.3 is 5.97 Å². The number of esters is 1. The number of aliphatic hydroxyl groups is 1. The van der Waals surface area contributed by atoms with E-state index < -0.39 is 18.2 Å². The molecule has 6 nitrogen and oxygen atoms in total. The summed E-state index contributed by atoms with van der Waals surface area (Å²) >= 11 is 0. The zero-order valence-corrected chi connectivity index (χ0v) is 21.4. The second kappa shape index (κ2) is 15.5. The molecular formula is C28H42O6. The first-order chi connectivity index (χ1) is 16.1. The highest BCUT2D eigenvalue weighted by Crippen LogP contribution is 2.42. The lowest BCUT2D eigenvalue weighted by atomic mass is 9.68. The molecule has 6 heteroatoms. The first kappa shape index (κ1) is 29.6. The summed E-state index contributed by atoms with van der Waals surface area (Å²) in [7, 11) is 0. The van der Waals surface area contributed by atoms with Crippen molar-refractivity contribution >= 4 is 11.8 Å². The topological polar surface area (TPSA) is 82.1 Å². The molecule has 0 aromatic heterocycles. The number of allylic oxidation sites excluding steroid dienone is 7. The van der Waals surface area contributed by atoms with Crippen molar-refractivity contribution in [1.82, 2.24) is 0 Å². The summed E-state index contributed by atoms with van der Waals surface area (Å²) in [4.78, 5) is 22.6. The predicted molar refractivity (Wildman–Crippen MR) is 135 cm³/mol. The Morgan fingerprint density at radius 1 is 1.18 bits per heavy atom. The first-order valence-electron chi connectivity index (χ1n) is 12.0. The molecule has 3 atom stereocenters. The van der Waals surface area contributed by atoms with Gasteiger partial charge in [-0.1, -0.05) is 43.7 Å². The van der Waals surface area contributed by atoms with Crippen LogP contribution in [-0.4, -0.2) is 48.9 Å². The number of rotatable bonds is 16. The molecule has 0 bridgehead atoms. The smallest absolute Gasteiger partial charge is 0.331 e. The van der Waals surface area contributed by atoms with Crippen molar-refractivity contribution in [2.24, 2.45) is 11.3 Å². The summed E-state index contributed by atoms with van der Waals surface area (Å²) in [5.41, 5.74) is 1.31. The molecule has 0 spiro atoms. The molecule has 1 aliphatic rings. The van der Waals surface area contributed by atoms with E-state index in [2.05, 4.69) is 32.6 Å². The molecule has 0 saturated carbocycles. The number of carbonyl (C=O) groups excluding carboxylic acids is 2. The van der Waals surface area contributed by atoms with Crippen molar-refractivity contribution in [2.45, 2.75) is 72.5 Å². The van der Waals surface area contributed by atoms with E-state index in [-0.39, 0.29) is 17.8 Å². The predicted octanol–water partition coefficient (Wildman–Crippen LogP) is 5.25. The third-order valence-electron chi connectivity index (χ3n) is 5.76. The van der Waals surface area contributed by atoms with Crippen LogP contribution in [0.2, 0.25) is 0 Å². The minimum absolute atomic E-state index is 0.0440. The number of ether oxygens (including phenoxy) is 3. The van der Waals surface area contributed by atoms with E-state index in [0.717, 1.165) is 37.5 Å². The monoisotopic (exact) mass is 474 g/mol. The molecule has 1 aliphatic carbocycles. The Morgan fingerprint density at radius 3 is 2.50 bits per heavy atom. The fourth-order valence-electron chi connectivity index (χ4n) is 3.72. The Morgan fingerprint density at radius 2 is 1.91 bits per heavy atom. The van der Waals surface area contributed by atoms with E-state index in [1.807, 2.05) is 18.2 Å². The molecule has 0 saturated heterocycles. The van der Waals surface area contributed by atoms with E-state index in [9.17, 15) is 14.7 Å². The molecule has 3 unspecified atom stereocenters. The SMILES string of the molecule is C=CCCC(/C=C\COCC(C)O)C(C)(C)C1=CC=C(OCC(C)OC(=O)/C=C/C(C)=O)CC1. The van der Waals surface area contributed by atoms with Gasteiger partial charge in [-0.25, -0.2) is 4.79 Å². The molecule has 190 valence electrons. The van der Waals surface area contributed by atoms with Crippen LogP contribution in [0.15, 0.2) is 60.4 Å². The lowest BCUT2D eigenvalue weighted by molar-refractivity contribution is -0.144. The zero-order chi connectivity index (χ0) is 25.6. The van der Waals surface area contributed by atoms with Gasteiger partial charge in [-0.15, -0.1) is 6.58 Å². The Kier molecular flexibility index (Phi) is 13.5. The molecule has 0 heterocycles. The van der Waals surface area contributed by atoms with Gasteiger partial charge in [0.15, 0.2) is 5.78 Å². The van der Waals surface area contributed by atoms with Crippen molar-refractivity contribution in [3.63, 3.8) is 0 Å². The molecule has 0 aliphatic heterocycles. The van der Waals surface area contributed by atoms with Crippen molar-refractivity contribution in [3.8, 4) is 0 Å². The Labute approximate surface area is 205 Å². The van der Waals surface area contributed by atoms with Crippen LogP contribution in [0.4, 0.5) is 0 Å². The second-order valence-electron chi connectivity index (χ2n) is 9.34. The van der Waals surface area contributed by atoms with Crippen LogP contribution in [0.3, 0.4) is 0 Å². The highest BCUT2D eigenvalue weighted by molar-refractivity contribution is 5.94. The van der Waals surface area contributed by atoms with Crippen LogP contribution < -0.4 is 0 Å². The van der Waals surface area contributed by atoms with Gasteiger partial charge in [0, 0.05) is 12.5 Å². The molecule has 0 aromatic rings. The van der Waals surface area contributed by atoms with Crippen LogP contribution in [0.1, 0.15) is 60.3 Å². The van der Waals surface area contributed by atoms with Gasteiger partial charge in [-0.2, -0.15) is 0 Å².